The van der Waals surface area contributed by atoms with Gasteiger partial charge in [0.25, 0.3) is 0 Å². The first-order valence-electron chi connectivity index (χ1n) is 8.18. The van der Waals surface area contributed by atoms with Gasteiger partial charge in [0.15, 0.2) is 0 Å². The summed E-state index contributed by atoms with van der Waals surface area (Å²) in [4.78, 5) is 11.0. The molecule has 1 aromatic heterocycles. The van der Waals surface area contributed by atoms with E-state index in [0.717, 1.165) is 23.1 Å². The summed E-state index contributed by atoms with van der Waals surface area (Å²) in [6, 6.07) is 10.9. The summed E-state index contributed by atoms with van der Waals surface area (Å²) < 4.78 is 19.8. The zero-order chi connectivity index (χ0) is 17.4. The Morgan fingerprint density at radius 2 is 2.08 bits per heavy atom. The quantitative estimate of drug-likeness (QED) is 0.684. The zero-order valence-electron chi connectivity index (χ0n) is 13.7. The van der Waals surface area contributed by atoms with Gasteiger partial charge >= 0.3 is 0 Å². The third kappa shape index (κ3) is 3.05. The highest BCUT2D eigenvalue weighted by atomic mass is 35.5. The minimum atomic E-state index is -0.390. The maximum absolute atomic E-state index is 14.3. The van der Waals surface area contributed by atoms with Crippen molar-refractivity contribution in [2.75, 3.05) is 24.7 Å². The molecule has 4 rings (SSSR count). The maximum atomic E-state index is 14.3. The van der Waals surface area contributed by atoms with Crippen LogP contribution in [0.2, 0.25) is 5.02 Å². The largest absolute Gasteiger partial charge is 0.377 e. The second kappa shape index (κ2) is 6.58. The number of morpholine rings is 1. The number of aromatic nitrogens is 2. The number of hydrogen-bond donors (Lipinski definition) is 0. The molecule has 1 fully saturated rings. The number of ether oxygens (including phenoxy) is 1. The van der Waals surface area contributed by atoms with E-state index in [2.05, 4.69) is 21.8 Å². The monoisotopic (exact) mass is 357 g/mol. The molecule has 1 saturated heterocycles. The Morgan fingerprint density at radius 3 is 2.88 bits per heavy atom. The van der Waals surface area contributed by atoms with Crippen LogP contribution in [0, 0.1) is 5.82 Å². The number of anilines is 1. The van der Waals surface area contributed by atoms with Gasteiger partial charge in [-0.1, -0.05) is 11.6 Å². The Balaban J connectivity index is 1.80. The Bertz CT molecular complexity index is 934. The molecule has 0 amide bonds. The molecule has 6 heteroatoms. The third-order valence-corrected chi connectivity index (χ3v) is 4.74. The first-order chi connectivity index (χ1) is 12.1. The van der Waals surface area contributed by atoms with Crippen LogP contribution in [0.15, 0.2) is 42.7 Å². The second-order valence-corrected chi connectivity index (χ2v) is 6.60. The fourth-order valence-corrected chi connectivity index (χ4v) is 3.39. The van der Waals surface area contributed by atoms with Gasteiger partial charge in [0.1, 0.15) is 12.1 Å². The van der Waals surface area contributed by atoms with Crippen molar-refractivity contribution in [1.82, 2.24) is 9.97 Å². The molecule has 0 aliphatic carbocycles. The smallest absolute Gasteiger partial charge is 0.134 e. The number of benzene rings is 2. The molecule has 0 spiro atoms. The van der Waals surface area contributed by atoms with E-state index in [1.807, 2.05) is 18.2 Å². The average molecular weight is 358 g/mol. The standard InChI is InChI=1S/C19H17ClFN3O/c1-12-10-25-7-6-24(12)14-3-5-16-18(9-14)22-11-23-19(16)15-4-2-13(20)8-17(15)21/h2-5,8-9,11-12H,6-7,10H2,1H3/t12-/m1/s1. The van der Waals surface area contributed by atoms with Gasteiger partial charge in [-0.15, -0.1) is 0 Å². The van der Waals surface area contributed by atoms with Crippen LogP contribution in [0.3, 0.4) is 0 Å². The van der Waals surface area contributed by atoms with Gasteiger partial charge < -0.3 is 9.64 Å². The van der Waals surface area contributed by atoms with Gasteiger partial charge in [0.05, 0.1) is 24.4 Å². The number of hydrogen-bond acceptors (Lipinski definition) is 4. The van der Waals surface area contributed by atoms with E-state index >= 15 is 0 Å². The molecular formula is C19H17ClFN3O. The molecule has 128 valence electrons. The summed E-state index contributed by atoms with van der Waals surface area (Å²) in [7, 11) is 0. The molecule has 0 unspecified atom stereocenters. The van der Waals surface area contributed by atoms with E-state index in [1.54, 1.807) is 12.1 Å². The molecule has 0 saturated carbocycles. The molecule has 2 heterocycles. The summed E-state index contributed by atoms with van der Waals surface area (Å²) in [6.07, 6.45) is 1.47. The minimum absolute atomic E-state index is 0.307. The fraction of sp³-hybridized carbons (Fsp3) is 0.263. The Labute approximate surface area is 150 Å². The van der Waals surface area contributed by atoms with Gasteiger partial charge in [-0.05, 0) is 43.3 Å². The lowest BCUT2D eigenvalue weighted by atomic mass is 10.0. The van der Waals surface area contributed by atoms with E-state index < -0.39 is 5.82 Å². The van der Waals surface area contributed by atoms with E-state index in [-0.39, 0.29) is 0 Å². The zero-order valence-corrected chi connectivity index (χ0v) is 14.5. The highest BCUT2D eigenvalue weighted by Gasteiger charge is 2.20. The van der Waals surface area contributed by atoms with Crippen LogP contribution < -0.4 is 4.90 Å². The Morgan fingerprint density at radius 1 is 1.20 bits per heavy atom. The van der Waals surface area contributed by atoms with Crippen LogP contribution >= 0.6 is 11.6 Å². The van der Waals surface area contributed by atoms with Crippen molar-refractivity contribution in [2.24, 2.45) is 0 Å². The van der Waals surface area contributed by atoms with Crippen molar-refractivity contribution in [3.05, 3.63) is 53.6 Å². The average Bonchev–Trinajstić information content (AvgIpc) is 2.61. The lowest BCUT2D eigenvalue weighted by Crippen LogP contribution is -2.43. The molecular weight excluding hydrogens is 341 g/mol. The first kappa shape index (κ1) is 16.2. The summed E-state index contributed by atoms with van der Waals surface area (Å²) in [5, 5.41) is 1.18. The van der Waals surface area contributed by atoms with Crippen LogP contribution in [0.1, 0.15) is 6.92 Å². The fourth-order valence-electron chi connectivity index (χ4n) is 3.23. The summed E-state index contributed by atoms with van der Waals surface area (Å²) in [5.41, 5.74) is 2.87. The van der Waals surface area contributed by atoms with E-state index in [4.69, 9.17) is 16.3 Å². The molecule has 2 aromatic carbocycles. The van der Waals surface area contributed by atoms with E-state index in [1.165, 1.54) is 12.4 Å². The van der Waals surface area contributed by atoms with E-state index in [0.29, 0.717) is 35.5 Å². The highest BCUT2D eigenvalue weighted by Crippen LogP contribution is 2.31. The predicted molar refractivity (Wildman–Crippen MR) is 97.6 cm³/mol. The van der Waals surface area contributed by atoms with Crippen molar-refractivity contribution in [3.8, 4) is 11.3 Å². The first-order valence-corrected chi connectivity index (χ1v) is 8.56. The topological polar surface area (TPSA) is 38.2 Å². The second-order valence-electron chi connectivity index (χ2n) is 6.17. The van der Waals surface area contributed by atoms with Gasteiger partial charge in [-0.25, -0.2) is 14.4 Å². The highest BCUT2D eigenvalue weighted by molar-refractivity contribution is 6.30. The van der Waals surface area contributed by atoms with E-state index in [9.17, 15) is 4.39 Å². The van der Waals surface area contributed by atoms with Crippen LogP contribution in [0.25, 0.3) is 22.2 Å². The minimum Gasteiger partial charge on any atom is -0.377 e. The van der Waals surface area contributed by atoms with Gasteiger partial charge in [0, 0.05) is 34.2 Å². The summed E-state index contributed by atoms with van der Waals surface area (Å²) in [6.45, 7) is 4.41. The van der Waals surface area contributed by atoms with Crippen molar-refractivity contribution >= 4 is 28.2 Å². The molecule has 1 atom stereocenters. The van der Waals surface area contributed by atoms with Crippen molar-refractivity contribution in [3.63, 3.8) is 0 Å². The van der Waals surface area contributed by atoms with Crippen LogP contribution in [-0.2, 0) is 4.74 Å². The Hall–Kier alpha value is -2.24. The molecule has 1 aliphatic rings. The SMILES string of the molecule is C[C@@H]1COCCN1c1ccc2c(-c3ccc(Cl)cc3F)ncnc2c1. The van der Waals surface area contributed by atoms with Gasteiger partial charge in [-0.2, -0.15) is 0 Å². The van der Waals surface area contributed by atoms with Gasteiger partial charge in [0.2, 0.25) is 0 Å². The number of nitrogens with zero attached hydrogens (tertiary/aromatic N) is 3. The maximum Gasteiger partial charge on any atom is 0.134 e. The molecule has 4 nitrogen and oxygen atoms in total. The van der Waals surface area contributed by atoms with Crippen LogP contribution in [0.5, 0.6) is 0 Å². The van der Waals surface area contributed by atoms with Gasteiger partial charge in [-0.3, -0.25) is 0 Å². The lowest BCUT2D eigenvalue weighted by molar-refractivity contribution is 0.0989. The molecule has 25 heavy (non-hydrogen) atoms. The predicted octanol–water partition coefficient (Wildman–Crippen LogP) is 4.31. The molecule has 0 bridgehead atoms. The van der Waals surface area contributed by atoms with Crippen molar-refractivity contribution in [2.45, 2.75) is 13.0 Å². The Kier molecular flexibility index (Phi) is 4.27. The van der Waals surface area contributed by atoms with Crippen molar-refractivity contribution < 1.29 is 9.13 Å². The van der Waals surface area contributed by atoms with Crippen LogP contribution in [0.4, 0.5) is 10.1 Å². The lowest BCUT2D eigenvalue weighted by Gasteiger charge is -2.35. The van der Waals surface area contributed by atoms with Crippen LogP contribution in [-0.4, -0.2) is 35.8 Å². The molecule has 1 aliphatic heterocycles. The molecule has 0 radical (unpaired) electrons. The number of fused-ring (bicyclic) bond motifs is 1. The third-order valence-electron chi connectivity index (χ3n) is 4.51. The number of halogens is 2. The summed E-state index contributed by atoms with van der Waals surface area (Å²) in [5.74, 6) is -0.390. The molecule has 3 aromatic rings. The normalized spacial score (nSPS) is 17.9. The summed E-state index contributed by atoms with van der Waals surface area (Å²) >= 11 is 5.85. The van der Waals surface area contributed by atoms with Crippen molar-refractivity contribution in [1.29, 1.82) is 0 Å². The number of rotatable bonds is 2. The molecule has 0 N–H and O–H groups in total.